The van der Waals surface area contributed by atoms with E-state index in [9.17, 15) is 0 Å². The Bertz CT molecular complexity index is 126. The second-order valence-corrected chi connectivity index (χ2v) is 2.52. The lowest BCUT2D eigenvalue weighted by molar-refractivity contribution is -0.135. The maximum absolute atomic E-state index is 9.00. The first kappa shape index (κ1) is 18.6. The van der Waals surface area contributed by atoms with Crippen LogP contribution in [-0.2, 0) is 9.59 Å². The van der Waals surface area contributed by atoms with Crippen LogP contribution in [0, 0.1) is 0 Å². The summed E-state index contributed by atoms with van der Waals surface area (Å²) in [5.74, 6) is -1.67. The molecule has 0 aliphatic rings. The van der Waals surface area contributed by atoms with Crippen LogP contribution in [0.5, 0.6) is 0 Å². The molecule has 2 atom stereocenters. The van der Waals surface area contributed by atoms with Crippen LogP contribution in [0.15, 0.2) is 0 Å². The van der Waals surface area contributed by atoms with Crippen LogP contribution in [0.2, 0.25) is 0 Å². The van der Waals surface area contributed by atoms with Crippen molar-refractivity contribution in [3.8, 4) is 0 Å². The number of carbonyl (C=O) groups is 2. The van der Waals surface area contributed by atoms with Gasteiger partial charge in [-0.2, -0.15) is 0 Å². The molecule has 0 spiro atoms. The molecular weight excluding hydrogens is 192 g/mol. The number of aliphatic hydroxyl groups is 2. The largest absolute Gasteiger partial charge is 0.481 e. The van der Waals surface area contributed by atoms with Gasteiger partial charge < -0.3 is 20.4 Å². The van der Waals surface area contributed by atoms with Crippen LogP contribution in [-0.4, -0.2) is 44.6 Å². The number of rotatable bonds is 1. The summed E-state index contributed by atoms with van der Waals surface area (Å²) in [7, 11) is 0. The van der Waals surface area contributed by atoms with Crippen molar-refractivity contribution < 1.29 is 30.0 Å². The molecule has 0 radical (unpaired) electrons. The Labute approximate surface area is 82.8 Å². The summed E-state index contributed by atoms with van der Waals surface area (Å²) >= 11 is 0. The summed E-state index contributed by atoms with van der Waals surface area (Å²) in [6, 6.07) is 0. The van der Waals surface area contributed by atoms with E-state index in [1.165, 1.54) is 0 Å². The first-order chi connectivity index (χ1) is 6.11. The second kappa shape index (κ2) is 11.9. The topological polar surface area (TPSA) is 115 Å². The number of carboxylic acid groups (broad SMARTS) is 2. The molecule has 0 aromatic carbocycles. The third kappa shape index (κ3) is 129. The third-order valence-electron chi connectivity index (χ3n) is 0.698. The van der Waals surface area contributed by atoms with E-state index in [0.29, 0.717) is 0 Å². The summed E-state index contributed by atoms with van der Waals surface area (Å²) in [4.78, 5) is 18.0. The number of hydrogen-bond acceptors (Lipinski definition) is 4. The minimum atomic E-state index is -0.833. The normalized spacial score (nSPS) is 12.1. The number of aliphatic carboxylic acids is 2. The van der Waals surface area contributed by atoms with Gasteiger partial charge in [-0.05, 0) is 13.8 Å². The summed E-state index contributed by atoms with van der Waals surface area (Å²) in [5, 5.41) is 31.6. The highest BCUT2D eigenvalue weighted by atomic mass is 16.4. The van der Waals surface area contributed by atoms with E-state index in [0.717, 1.165) is 13.8 Å². The molecule has 4 N–H and O–H groups in total. The molecular formula is C8H18O6. The van der Waals surface area contributed by atoms with Gasteiger partial charge in [0.05, 0.1) is 12.2 Å². The summed E-state index contributed by atoms with van der Waals surface area (Å²) in [6.07, 6.45) is -1.19. The van der Waals surface area contributed by atoms with Crippen LogP contribution in [0.3, 0.4) is 0 Å². The van der Waals surface area contributed by atoms with Gasteiger partial charge in [0.25, 0.3) is 11.9 Å². The van der Waals surface area contributed by atoms with E-state index < -0.39 is 24.1 Å². The molecule has 86 valence electrons. The van der Waals surface area contributed by atoms with Crippen molar-refractivity contribution >= 4 is 11.9 Å². The van der Waals surface area contributed by atoms with Gasteiger partial charge in [-0.25, -0.2) is 0 Å². The highest BCUT2D eigenvalue weighted by Gasteiger charge is 1.99. The molecule has 0 fully saturated rings. The molecule has 2 unspecified atom stereocenters. The van der Waals surface area contributed by atoms with Crippen LogP contribution >= 0.6 is 0 Å². The lowest BCUT2D eigenvalue weighted by Gasteiger charge is -2.03. The number of aliphatic hydroxyl groups excluding tert-OH is 2. The molecule has 0 amide bonds. The van der Waals surface area contributed by atoms with Gasteiger partial charge in [-0.15, -0.1) is 0 Å². The maximum Gasteiger partial charge on any atom is 0.300 e. The molecule has 0 aromatic rings. The summed E-state index contributed by atoms with van der Waals surface area (Å²) < 4.78 is 0. The standard InChI is InChI=1S/C4H10O2.2C2H4O2/c1-3(5)4(2)6;2*1-2(3)4/h3-6H,1-2H3;2*1H3,(H,3,4). The lowest BCUT2D eigenvalue weighted by atomic mass is 10.3. The Morgan fingerprint density at radius 2 is 0.929 bits per heavy atom. The predicted octanol–water partition coefficient (Wildman–Crippen LogP) is -0.0702. The average Bonchev–Trinajstić information content (AvgIpc) is 1.83. The zero-order valence-corrected chi connectivity index (χ0v) is 8.76. The second-order valence-electron chi connectivity index (χ2n) is 2.52. The molecule has 6 nitrogen and oxygen atoms in total. The lowest BCUT2D eigenvalue weighted by Crippen LogP contribution is -2.17. The highest BCUT2D eigenvalue weighted by molar-refractivity contribution is 5.63. The Hall–Kier alpha value is -1.14. The Morgan fingerprint density at radius 1 is 0.857 bits per heavy atom. The quantitative estimate of drug-likeness (QED) is 0.481. The highest BCUT2D eigenvalue weighted by Crippen LogP contribution is 1.85. The van der Waals surface area contributed by atoms with Gasteiger partial charge in [0.15, 0.2) is 0 Å². The molecule has 0 rings (SSSR count). The monoisotopic (exact) mass is 210 g/mol. The molecule has 0 saturated heterocycles. The predicted molar refractivity (Wildman–Crippen MR) is 50.0 cm³/mol. The van der Waals surface area contributed by atoms with E-state index in [-0.39, 0.29) is 0 Å². The molecule has 0 heterocycles. The Morgan fingerprint density at radius 3 is 0.929 bits per heavy atom. The number of carboxylic acids is 2. The smallest absolute Gasteiger partial charge is 0.300 e. The number of hydrogen-bond donors (Lipinski definition) is 4. The van der Waals surface area contributed by atoms with Crippen molar-refractivity contribution in [3.63, 3.8) is 0 Å². The minimum Gasteiger partial charge on any atom is -0.481 e. The van der Waals surface area contributed by atoms with E-state index >= 15 is 0 Å². The SMILES string of the molecule is CC(=O)O.CC(=O)O.CC(O)C(C)O. The van der Waals surface area contributed by atoms with Crippen LogP contribution < -0.4 is 0 Å². The van der Waals surface area contributed by atoms with Gasteiger partial charge in [-0.3, -0.25) is 9.59 Å². The van der Waals surface area contributed by atoms with Crippen molar-refractivity contribution in [1.29, 1.82) is 0 Å². The Balaban J connectivity index is -0.000000135. The van der Waals surface area contributed by atoms with Crippen LogP contribution in [0.25, 0.3) is 0 Å². The zero-order chi connectivity index (χ0) is 12.3. The van der Waals surface area contributed by atoms with Crippen LogP contribution in [0.1, 0.15) is 27.7 Å². The Kier molecular flexibility index (Phi) is 15.8. The van der Waals surface area contributed by atoms with Crippen LogP contribution in [0.4, 0.5) is 0 Å². The van der Waals surface area contributed by atoms with E-state index in [1.54, 1.807) is 13.8 Å². The zero-order valence-electron chi connectivity index (χ0n) is 8.76. The molecule has 14 heavy (non-hydrogen) atoms. The molecule has 6 heteroatoms. The van der Waals surface area contributed by atoms with Gasteiger partial charge in [0.2, 0.25) is 0 Å². The average molecular weight is 210 g/mol. The first-order valence-electron chi connectivity index (χ1n) is 3.86. The molecule has 0 bridgehead atoms. The van der Waals surface area contributed by atoms with Crippen molar-refractivity contribution in [1.82, 2.24) is 0 Å². The first-order valence-corrected chi connectivity index (χ1v) is 3.86. The minimum absolute atomic E-state index is 0.593. The van der Waals surface area contributed by atoms with Crippen molar-refractivity contribution in [2.24, 2.45) is 0 Å². The fraction of sp³-hybridized carbons (Fsp3) is 0.750. The fourth-order valence-electron chi connectivity index (χ4n) is 0. The van der Waals surface area contributed by atoms with Gasteiger partial charge in [0, 0.05) is 13.8 Å². The summed E-state index contributed by atoms with van der Waals surface area (Å²) in [6.45, 7) is 5.26. The molecule has 0 aliphatic carbocycles. The van der Waals surface area contributed by atoms with Gasteiger partial charge >= 0.3 is 0 Å². The van der Waals surface area contributed by atoms with Crippen molar-refractivity contribution in [2.75, 3.05) is 0 Å². The maximum atomic E-state index is 9.00. The summed E-state index contributed by atoms with van der Waals surface area (Å²) in [5.41, 5.74) is 0. The van der Waals surface area contributed by atoms with Crippen molar-refractivity contribution in [2.45, 2.75) is 39.9 Å². The van der Waals surface area contributed by atoms with E-state index in [2.05, 4.69) is 0 Å². The molecule has 0 saturated carbocycles. The van der Waals surface area contributed by atoms with E-state index in [4.69, 9.17) is 30.0 Å². The third-order valence-corrected chi connectivity index (χ3v) is 0.698. The van der Waals surface area contributed by atoms with Gasteiger partial charge in [0.1, 0.15) is 0 Å². The molecule has 0 aliphatic heterocycles. The molecule has 0 aromatic heterocycles. The van der Waals surface area contributed by atoms with Gasteiger partial charge in [-0.1, -0.05) is 0 Å². The van der Waals surface area contributed by atoms with E-state index in [1.807, 2.05) is 0 Å². The van der Waals surface area contributed by atoms with Crippen molar-refractivity contribution in [3.05, 3.63) is 0 Å². The fourth-order valence-corrected chi connectivity index (χ4v) is 0.